The Morgan fingerprint density at radius 2 is 1.83 bits per heavy atom. The maximum absolute atomic E-state index is 13.9. The minimum Gasteiger partial charge on any atom is -0.463 e. The zero-order valence-corrected chi connectivity index (χ0v) is 21.5. The molecule has 0 bridgehead atoms. The van der Waals surface area contributed by atoms with Crippen molar-refractivity contribution in [3.63, 3.8) is 0 Å². The third-order valence-corrected chi connectivity index (χ3v) is 7.74. The monoisotopic (exact) mass is 509 g/mol. The zero-order chi connectivity index (χ0) is 26.3. The molecule has 1 aromatic carbocycles. The number of benzene rings is 1. The van der Waals surface area contributed by atoms with E-state index in [1.807, 2.05) is 37.3 Å². The first-order chi connectivity index (χ1) is 17.1. The van der Waals surface area contributed by atoms with Crippen LogP contribution in [0.25, 0.3) is 0 Å². The largest absolute Gasteiger partial charge is 0.471 e. The predicted molar refractivity (Wildman–Crippen MR) is 131 cm³/mol. The number of likely N-dealkylation sites (tertiary alicyclic amines) is 1. The number of halogens is 3. The molecular formula is C28H38F3NO4. The number of hydrogen-bond acceptors (Lipinski definition) is 4. The second-order valence-corrected chi connectivity index (χ2v) is 10.1. The number of hydrogen-bond donors (Lipinski definition) is 0. The highest BCUT2D eigenvalue weighted by Crippen LogP contribution is 2.52. The molecule has 200 valence electrons. The van der Waals surface area contributed by atoms with Crippen LogP contribution in [0.3, 0.4) is 0 Å². The topological polar surface area (TPSA) is 55.8 Å². The highest BCUT2D eigenvalue weighted by Gasteiger charge is 2.58. The van der Waals surface area contributed by atoms with Crippen molar-refractivity contribution in [2.24, 2.45) is 11.8 Å². The van der Waals surface area contributed by atoms with Crippen LogP contribution in [0.15, 0.2) is 42.0 Å². The molecule has 1 saturated carbocycles. The second-order valence-electron chi connectivity index (χ2n) is 10.1. The Morgan fingerprint density at radius 3 is 2.47 bits per heavy atom. The maximum atomic E-state index is 13.9. The Hall–Kier alpha value is -2.35. The number of carbonyl (C=O) groups is 2. The van der Waals surface area contributed by atoms with Crippen molar-refractivity contribution in [3.05, 3.63) is 47.5 Å². The van der Waals surface area contributed by atoms with Crippen LogP contribution >= 0.6 is 0 Å². The van der Waals surface area contributed by atoms with Gasteiger partial charge < -0.3 is 14.4 Å². The number of piperidine rings is 1. The van der Waals surface area contributed by atoms with Crippen LogP contribution in [0.1, 0.15) is 71.3 Å². The summed E-state index contributed by atoms with van der Waals surface area (Å²) in [5.74, 6) is -2.34. The van der Waals surface area contributed by atoms with Gasteiger partial charge in [-0.15, -0.1) is 0 Å². The van der Waals surface area contributed by atoms with Crippen LogP contribution in [-0.4, -0.2) is 47.7 Å². The van der Waals surface area contributed by atoms with E-state index in [-0.39, 0.29) is 24.9 Å². The molecule has 1 aliphatic carbocycles. The van der Waals surface area contributed by atoms with Crippen LogP contribution in [0, 0.1) is 11.8 Å². The van der Waals surface area contributed by atoms with Gasteiger partial charge in [0.1, 0.15) is 0 Å². The lowest BCUT2D eigenvalue weighted by Crippen LogP contribution is -2.64. The van der Waals surface area contributed by atoms with Crippen molar-refractivity contribution < 1.29 is 32.2 Å². The lowest BCUT2D eigenvalue weighted by molar-refractivity contribution is -0.201. The maximum Gasteiger partial charge on any atom is 0.471 e. The molecule has 1 saturated heterocycles. The molecule has 5 nitrogen and oxygen atoms in total. The first-order valence-corrected chi connectivity index (χ1v) is 13.0. The van der Waals surface area contributed by atoms with Gasteiger partial charge in [-0.05, 0) is 69.8 Å². The summed E-state index contributed by atoms with van der Waals surface area (Å²) in [5, 5.41) is 0. The molecule has 0 aromatic heterocycles. The molecule has 3 rings (SSSR count). The van der Waals surface area contributed by atoms with E-state index in [1.54, 1.807) is 19.9 Å². The summed E-state index contributed by atoms with van der Waals surface area (Å²) < 4.78 is 52.6. The number of esters is 1. The van der Waals surface area contributed by atoms with Crippen LogP contribution in [0.5, 0.6) is 0 Å². The fourth-order valence-electron chi connectivity index (χ4n) is 6.18. The van der Waals surface area contributed by atoms with E-state index >= 15 is 0 Å². The highest BCUT2D eigenvalue weighted by molar-refractivity contribution is 5.87. The van der Waals surface area contributed by atoms with Gasteiger partial charge in [0.05, 0.1) is 13.2 Å². The van der Waals surface area contributed by atoms with E-state index in [4.69, 9.17) is 9.47 Å². The average molecular weight is 510 g/mol. The third kappa shape index (κ3) is 6.50. The Balaban J connectivity index is 1.82. The number of nitrogens with zero attached hydrogens (tertiary/aromatic N) is 1. The van der Waals surface area contributed by atoms with Crippen LogP contribution in [-0.2, 0) is 25.7 Å². The van der Waals surface area contributed by atoms with Crippen molar-refractivity contribution in [1.29, 1.82) is 0 Å². The smallest absolute Gasteiger partial charge is 0.463 e. The predicted octanol–water partition coefficient (Wildman–Crippen LogP) is 6.22. The first-order valence-electron chi connectivity index (χ1n) is 13.0. The lowest BCUT2D eigenvalue weighted by Gasteiger charge is -2.54. The summed E-state index contributed by atoms with van der Waals surface area (Å²) in [5.41, 5.74) is 0.541. The van der Waals surface area contributed by atoms with Gasteiger partial charge in [-0.25, -0.2) is 4.79 Å². The molecule has 1 heterocycles. The van der Waals surface area contributed by atoms with E-state index in [0.29, 0.717) is 38.0 Å². The molecule has 0 radical (unpaired) electrons. The van der Waals surface area contributed by atoms with E-state index in [2.05, 4.69) is 0 Å². The third-order valence-electron chi connectivity index (χ3n) is 7.74. The Kier molecular flexibility index (Phi) is 9.61. The van der Waals surface area contributed by atoms with Crippen LogP contribution < -0.4 is 0 Å². The lowest BCUT2D eigenvalue weighted by atomic mass is 9.71. The number of ether oxygens (including phenoxy) is 2. The van der Waals surface area contributed by atoms with Crippen molar-refractivity contribution >= 4 is 11.9 Å². The quantitative estimate of drug-likeness (QED) is 0.293. The van der Waals surface area contributed by atoms with E-state index in [0.717, 1.165) is 29.7 Å². The molecule has 1 aliphatic heterocycles. The van der Waals surface area contributed by atoms with Crippen molar-refractivity contribution in [3.8, 4) is 0 Å². The van der Waals surface area contributed by atoms with E-state index in [1.165, 1.54) is 0 Å². The number of carbonyl (C=O) groups excluding carboxylic acids is 2. The zero-order valence-electron chi connectivity index (χ0n) is 21.5. The molecule has 1 aromatic rings. The van der Waals surface area contributed by atoms with Gasteiger partial charge >= 0.3 is 18.1 Å². The summed E-state index contributed by atoms with van der Waals surface area (Å²) in [4.78, 5) is 26.1. The molecule has 2 aliphatic rings. The molecule has 0 N–H and O–H groups in total. The van der Waals surface area contributed by atoms with Gasteiger partial charge in [0.15, 0.2) is 0 Å². The Bertz CT molecular complexity index is 917. The summed E-state index contributed by atoms with van der Waals surface area (Å²) >= 11 is 0. The molecule has 0 unspecified atom stereocenters. The highest BCUT2D eigenvalue weighted by atomic mass is 19.4. The van der Waals surface area contributed by atoms with Gasteiger partial charge in [-0.2, -0.15) is 13.2 Å². The number of alkyl halides is 3. The van der Waals surface area contributed by atoms with Crippen LogP contribution in [0.2, 0.25) is 0 Å². The fourth-order valence-corrected chi connectivity index (χ4v) is 6.18. The van der Waals surface area contributed by atoms with Gasteiger partial charge in [-0.3, -0.25) is 4.79 Å². The normalized spacial score (nSPS) is 25.7. The second kappa shape index (κ2) is 12.3. The van der Waals surface area contributed by atoms with Gasteiger partial charge in [-0.1, -0.05) is 49.8 Å². The van der Waals surface area contributed by atoms with Crippen molar-refractivity contribution in [1.82, 2.24) is 4.90 Å². The molecule has 1 amide bonds. The number of amides is 1. The molecule has 8 heteroatoms. The molecule has 2 fully saturated rings. The van der Waals surface area contributed by atoms with E-state index < -0.39 is 29.6 Å². The molecule has 36 heavy (non-hydrogen) atoms. The molecular weight excluding hydrogens is 471 g/mol. The van der Waals surface area contributed by atoms with Gasteiger partial charge in [0.2, 0.25) is 0 Å². The SMILES string of the molecule is CCOC(=O)/C(C)=C/C[C@H]1CCC[C@]2(CCC[C@@H]2[C@@H](C)COCc2ccccc2)N1C(=O)C(F)(F)F. The van der Waals surface area contributed by atoms with E-state index in [9.17, 15) is 22.8 Å². The van der Waals surface area contributed by atoms with Crippen molar-refractivity contribution in [2.75, 3.05) is 13.2 Å². The standard InChI is InChI=1S/C28H38F3NO4/c1-4-36-25(33)20(2)14-15-23-12-8-16-27(32(23)26(34)28(29,30)31)17-9-13-24(27)21(3)18-35-19-22-10-6-5-7-11-22/h5-7,10-11,14,21,23-24H,4,8-9,12-13,15-19H2,1-3H3/b20-14+/t21-,23+,24+,27+/m0/s1. The summed E-state index contributed by atoms with van der Waals surface area (Å²) in [6.45, 7) is 6.40. The average Bonchev–Trinajstić information content (AvgIpc) is 3.25. The molecule has 1 spiro atoms. The summed E-state index contributed by atoms with van der Waals surface area (Å²) in [6, 6.07) is 9.15. The number of rotatable bonds is 9. The van der Waals surface area contributed by atoms with Gasteiger partial charge in [0.25, 0.3) is 0 Å². The first kappa shape index (κ1) is 28.2. The molecule has 4 atom stereocenters. The van der Waals surface area contributed by atoms with Crippen molar-refractivity contribution in [2.45, 2.75) is 90.1 Å². The Morgan fingerprint density at radius 1 is 1.17 bits per heavy atom. The summed E-state index contributed by atoms with van der Waals surface area (Å²) in [7, 11) is 0. The summed E-state index contributed by atoms with van der Waals surface area (Å²) in [6.07, 6.45) is 0.729. The van der Waals surface area contributed by atoms with Gasteiger partial charge in [0, 0.05) is 23.8 Å². The Labute approximate surface area is 212 Å². The fraction of sp³-hybridized carbons (Fsp3) is 0.643. The van der Waals surface area contributed by atoms with Crippen LogP contribution in [0.4, 0.5) is 13.2 Å². The minimum absolute atomic E-state index is 0.00435. The minimum atomic E-state index is -4.96.